The number of benzene rings is 1. The third-order valence-corrected chi connectivity index (χ3v) is 4.96. The molecule has 0 amide bonds. The van der Waals surface area contributed by atoms with Gasteiger partial charge in [-0.3, -0.25) is 0 Å². The minimum atomic E-state index is -3.20. The Labute approximate surface area is 106 Å². The predicted molar refractivity (Wildman–Crippen MR) is 70.4 cm³/mol. The first-order valence-electron chi connectivity index (χ1n) is 5.11. The molecule has 90 valence electrons. The van der Waals surface area contributed by atoms with Gasteiger partial charge in [-0.15, -0.1) is 0 Å². The average molecular weight is 305 g/mol. The van der Waals surface area contributed by atoms with Crippen LogP contribution in [0.1, 0.15) is 26.3 Å². The van der Waals surface area contributed by atoms with Gasteiger partial charge in [0.1, 0.15) is 0 Å². The Hall–Kier alpha value is -0.350. The van der Waals surface area contributed by atoms with Crippen LogP contribution in [-0.4, -0.2) is 14.2 Å². The van der Waals surface area contributed by atoms with E-state index in [-0.39, 0.29) is 11.2 Å². The highest BCUT2D eigenvalue weighted by Gasteiger charge is 2.24. The van der Waals surface area contributed by atoms with E-state index in [9.17, 15) is 8.42 Å². The monoisotopic (exact) mass is 304 g/mol. The van der Waals surface area contributed by atoms with Crippen molar-refractivity contribution in [2.75, 3.05) is 5.75 Å². The van der Waals surface area contributed by atoms with Crippen LogP contribution in [0.4, 0.5) is 0 Å². The van der Waals surface area contributed by atoms with E-state index >= 15 is 0 Å². The molecule has 2 nitrogen and oxygen atoms in total. The highest BCUT2D eigenvalue weighted by Crippen LogP contribution is 2.26. The van der Waals surface area contributed by atoms with Crippen molar-refractivity contribution in [2.45, 2.75) is 32.6 Å². The maximum atomic E-state index is 12.2. The molecule has 1 rings (SSSR count). The normalized spacial score (nSPS) is 12.8. The molecule has 4 heteroatoms. The molecule has 0 N–H and O–H groups in total. The molecular weight excluding hydrogens is 288 g/mol. The van der Waals surface area contributed by atoms with Crippen molar-refractivity contribution in [1.82, 2.24) is 0 Å². The Balaban J connectivity index is 3.22. The summed E-state index contributed by atoms with van der Waals surface area (Å²) in [4.78, 5) is 0.428. The van der Waals surface area contributed by atoms with Gasteiger partial charge in [0, 0.05) is 4.47 Å². The zero-order chi connectivity index (χ0) is 12.6. The molecule has 1 aromatic rings. The van der Waals surface area contributed by atoms with Gasteiger partial charge in [0.15, 0.2) is 9.84 Å². The van der Waals surface area contributed by atoms with E-state index in [1.807, 2.05) is 39.8 Å². The number of halogens is 1. The van der Waals surface area contributed by atoms with Crippen LogP contribution >= 0.6 is 15.9 Å². The van der Waals surface area contributed by atoms with Crippen LogP contribution in [0.3, 0.4) is 0 Å². The topological polar surface area (TPSA) is 34.1 Å². The number of sulfone groups is 1. The Kier molecular flexibility index (Phi) is 3.85. The van der Waals surface area contributed by atoms with E-state index in [4.69, 9.17) is 0 Å². The van der Waals surface area contributed by atoms with Gasteiger partial charge in [0.2, 0.25) is 0 Å². The third kappa shape index (κ3) is 3.59. The molecule has 0 heterocycles. The summed E-state index contributed by atoms with van der Waals surface area (Å²) in [7, 11) is -3.20. The van der Waals surface area contributed by atoms with Crippen LogP contribution in [0.25, 0.3) is 0 Å². The van der Waals surface area contributed by atoms with Crippen molar-refractivity contribution in [3.05, 3.63) is 28.2 Å². The number of aryl methyl sites for hydroxylation is 1. The van der Waals surface area contributed by atoms with Crippen molar-refractivity contribution in [3.8, 4) is 0 Å². The van der Waals surface area contributed by atoms with Crippen LogP contribution in [0.15, 0.2) is 27.6 Å². The number of hydrogen-bond acceptors (Lipinski definition) is 2. The second-order valence-corrected chi connectivity index (χ2v) is 8.10. The van der Waals surface area contributed by atoms with Gasteiger partial charge in [0.05, 0.1) is 10.6 Å². The number of hydrogen-bond donors (Lipinski definition) is 0. The summed E-state index contributed by atoms with van der Waals surface area (Å²) in [5.74, 6) is 0.164. The first-order valence-corrected chi connectivity index (χ1v) is 7.55. The summed E-state index contributed by atoms with van der Waals surface area (Å²) >= 11 is 3.30. The summed E-state index contributed by atoms with van der Waals surface area (Å²) in [5, 5.41) is 0. The summed E-state index contributed by atoms with van der Waals surface area (Å²) in [6, 6.07) is 5.35. The summed E-state index contributed by atoms with van der Waals surface area (Å²) in [5.41, 5.74) is 0.570. The van der Waals surface area contributed by atoms with Crippen LogP contribution < -0.4 is 0 Å². The molecule has 0 spiro atoms. The van der Waals surface area contributed by atoms with E-state index < -0.39 is 9.84 Å². The molecule has 0 aliphatic carbocycles. The van der Waals surface area contributed by atoms with Gasteiger partial charge in [-0.25, -0.2) is 8.42 Å². The standard InChI is InChI=1S/C12H17BrO2S/c1-9-5-6-10(13)7-11(9)16(14,15)8-12(2,3)4/h5-7H,8H2,1-4H3. The first kappa shape index (κ1) is 13.7. The van der Waals surface area contributed by atoms with Gasteiger partial charge in [-0.05, 0) is 30.0 Å². The Morgan fingerprint density at radius 3 is 2.31 bits per heavy atom. The molecule has 1 aromatic carbocycles. The molecule has 0 radical (unpaired) electrons. The van der Waals surface area contributed by atoms with Crippen LogP contribution in [0.2, 0.25) is 0 Å². The lowest BCUT2D eigenvalue weighted by Gasteiger charge is -2.19. The lowest BCUT2D eigenvalue weighted by atomic mass is 10.0. The highest BCUT2D eigenvalue weighted by atomic mass is 79.9. The van der Waals surface area contributed by atoms with E-state index in [1.54, 1.807) is 6.07 Å². The van der Waals surface area contributed by atoms with Crippen molar-refractivity contribution in [3.63, 3.8) is 0 Å². The van der Waals surface area contributed by atoms with Gasteiger partial charge in [0.25, 0.3) is 0 Å². The molecule has 0 atom stereocenters. The van der Waals surface area contributed by atoms with Crippen molar-refractivity contribution in [1.29, 1.82) is 0 Å². The fraction of sp³-hybridized carbons (Fsp3) is 0.500. The molecular formula is C12H17BrO2S. The van der Waals surface area contributed by atoms with E-state index in [2.05, 4.69) is 15.9 Å². The second-order valence-electron chi connectivity index (χ2n) is 5.23. The zero-order valence-corrected chi connectivity index (χ0v) is 12.4. The fourth-order valence-corrected chi connectivity index (χ4v) is 4.23. The Bertz CT molecular complexity index is 484. The smallest absolute Gasteiger partial charge is 0.179 e. The molecule has 0 aliphatic rings. The fourth-order valence-electron chi connectivity index (χ4n) is 1.56. The summed E-state index contributed by atoms with van der Waals surface area (Å²) in [6.07, 6.45) is 0. The minimum absolute atomic E-state index is 0.164. The van der Waals surface area contributed by atoms with Crippen molar-refractivity contribution >= 4 is 25.8 Å². The Morgan fingerprint density at radius 1 is 1.25 bits per heavy atom. The average Bonchev–Trinajstić information content (AvgIpc) is 2.04. The molecule has 0 bridgehead atoms. The lowest BCUT2D eigenvalue weighted by molar-refractivity contribution is 0.461. The van der Waals surface area contributed by atoms with Gasteiger partial charge >= 0.3 is 0 Å². The number of rotatable bonds is 2. The predicted octanol–water partition coefficient (Wildman–Crippen LogP) is 3.58. The molecule has 0 unspecified atom stereocenters. The largest absolute Gasteiger partial charge is 0.224 e. The molecule has 0 fully saturated rings. The van der Waals surface area contributed by atoms with Gasteiger partial charge in [-0.2, -0.15) is 0 Å². The quantitative estimate of drug-likeness (QED) is 0.837. The van der Waals surface area contributed by atoms with E-state index in [1.165, 1.54) is 0 Å². The molecule has 0 aromatic heterocycles. The second kappa shape index (κ2) is 4.49. The van der Waals surface area contributed by atoms with Crippen molar-refractivity contribution < 1.29 is 8.42 Å². The van der Waals surface area contributed by atoms with E-state index in [0.29, 0.717) is 4.90 Å². The molecule has 0 aliphatic heterocycles. The van der Waals surface area contributed by atoms with Gasteiger partial charge in [-0.1, -0.05) is 42.8 Å². The van der Waals surface area contributed by atoms with Crippen LogP contribution in [-0.2, 0) is 9.84 Å². The van der Waals surface area contributed by atoms with Crippen LogP contribution in [0, 0.1) is 12.3 Å². The van der Waals surface area contributed by atoms with Crippen molar-refractivity contribution in [2.24, 2.45) is 5.41 Å². The van der Waals surface area contributed by atoms with E-state index in [0.717, 1.165) is 10.0 Å². The minimum Gasteiger partial charge on any atom is -0.224 e. The summed E-state index contributed by atoms with van der Waals surface area (Å²) < 4.78 is 25.2. The zero-order valence-electron chi connectivity index (χ0n) is 10.0. The SMILES string of the molecule is Cc1ccc(Br)cc1S(=O)(=O)CC(C)(C)C. The summed E-state index contributed by atoms with van der Waals surface area (Å²) in [6.45, 7) is 7.61. The molecule has 0 saturated carbocycles. The lowest BCUT2D eigenvalue weighted by Crippen LogP contribution is -2.21. The van der Waals surface area contributed by atoms with Gasteiger partial charge < -0.3 is 0 Å². The highest BCUT2D eigenvalue weighted by molar-refractivity contribution is 9.10. The maximum Gasteiger partial charge on any atom is 0.179 e. The first-order chi connectivity index (χ1) is 7.12. The van der Waals surface area contributed by atoms with Crippen LogP contribution in [0.5, 0.6) is 0 Å². The third-order valence-electron chi connectivity index (χ3n) is 2.11. The molecule has 0 saturated heterocycles. The Morgan fingerprint density at radius 2 is 1.81 bits per heavy atom. The molecule has 16 heavy (non-hydrogen) atoms. The maximum absolute atomic E-state index is 12.2.